The maximum Gasteiger partial charge on any atom is 0.326 e. The van der Waals surface area contributed by atoms with E-state index in [1.165, 1.54) is 0 Å². The highest BCUT2D eigenvalue weighted by molar-refractivity contribution is 5.90. The van der Waals surface area contributed by atoms with Crippen LogP contribution in [0.3, 0.4) is 0 Å². The molecule has 22 heteroatoms. The lowest BCUT2D eigenvalue weighted by molar-refractivity contribution is -0.141. The highest BCUT2D eigenvalue weighted by Gasteiger charge is 2.43. The second kappa shape index (κ2) is 27.3. The summed E-state index contributed by atoms with van der Waals surface area (Å²) in [6, 6.07) is -1.01. The number of urea groups is 1. The van der Waals surface area contributed by atoms with Gasteiger partial charge in [0.2, 0.25) is 29.5 Å². The highest BCUT2D eigenvalue weighted by Crippen LogP contribution is 2.37. The number of aromatic nitrogens is 1. The van der Waals surface area contributed by atoms with Crippen molar-refractivity contribution < 1.29 is 67.9 Å². The number of likely N-dealkylation sites (tertiary alicyclic amines) is 1. The Balaban J connectivity index is 0.857. The fourth-order valence-electron chi connectivity index (χ4n) is 9.71. The molecule has 9 N–H and O–H groups in total. The van der Waals surface area contributed by atoms with Crippen molar-refractivity contribution in [2.75, 3.05) is 26.8 Å². The molecule has 5 rings (SSSR count). The Labute approximate surface area is 401 Å². The quantitative estimate of drug-likeness (QED) is 0.0633. The Kier molecular flexibility index (Phi) is 21.4. The van der Waals surface area contributed by atoms with Crippen molar-refractivity contribution >= 4 is 53.5 Å². The summed E-state index contributed by atoms with van der Waals surface area (Å²) in [7, 11) is 1.71. The van der Waals surface area contributed by atoms with Crippen LogP contribution < -0.4 is 31.9 Å². The molecule has 4 aliphatic rings. The minimum absolute atomic E-state index is 0.00964. The van der Waals surface area contributed by atoms with Gasteiger partial charge in [-0.05, 0) is 108 Å². The van der Waals surface area contributed by atoms with Gasteiger partial charge in [0.25, 0.3) is 0 Å². The molecule has 3 aliphatic carbocycles. The van der Waals surface area contributed by atoms with Crippen molar-refractivity contribution in [2.24, 2.45) is 11.8 Å². The number of carbonyl (C=O) groups excluding carboxylic acids is 6. The lowest BCUT2D eigenvalue weighted by atomic mass is 9.84. The molecule has 3 saturated carbocycles. The standard InChI is InChI=1S/C47H70N8O14/c1-55-40(58)26-35(42(55)29-4-2-22-48-27-29)44(62)49-23-25-69-34-16-14-33(15-17-34)68-24-3-5-38(56)50-30-8-6-28(7-9-30)43(61)52-32-12-10-31(11-13-32)51-39(57)20-18-36(45(63)64)53-47(67)54-37(46(65)66)19-21-41(59)60/h2,4,22,27-28,30-37,42H,3,5-21,23-26H2,1H3,(H,49,62)(H,50,56)(H,51,57)(H,52,61)(H,59,60)(H,63,64)(H,65,66)(H2,53,54,67)/t28?,30?,31?,32?,33?,34?,35-,36-,37-,42+/m0/s1. The van der Waals surface area contributed by atoms with Gasteiger partial charge < -0.3 is 61.6 Å². The first kappa shape index (κ1) is 54.0. The Bertz CT molecular complexity index is 1920. The number of hydrogen-bond donors (Lipinski definition) is 9. The molecular formula is C47H70N8O14. The summed E-state index contributed by atoms with van der Waals surface area (Å²) in [6.45, 7) is 1.23. The average Bonchev–Trinajstić information content (AvgIpc) is 3.63. The van der Waals surface area contributed by atoms with Crippen LogP contribution in [0.2, 0.25) is 0 Å². The number of nitrogens with one attached hydrogen (secondary N) is 6. The summed E-state index contributed by atoms with van der Waals surface area (Å²) in [4.78, 5) is 116. The van der Waals surface area contributed by atoms with Crippen LogP contribution in [0.5, 0.6) is 0 Å². The highest BCUT2D eigenvalue weighted by atomic mass is 16.5. The molecule has 4 fully saturated rings. The molecule has 22 nitrogen and oxygen atoms in total. The van der Waals surface area contributed by atoms with Crippen LogP contribution in [-0.2, 0) is 47.8 Å². The van der Waals surface area contributed by atoms with Gasteiger partial charge in [0.15, 0.2) is 0 Å². The van der Waals surface area contributed by atoms with Crippen molar-refractivity contribution in [3.05, 3.63) is 30.1 Å². The second-order valence-corrected chi connectivity index (χ2v) is 18.7. The number of nitrogens with zero attached hydrogens (tertiary/aromatic N) is 2. The van der Waals surface area contributed by atoms with Gasteiger partial charge in [0.05, 0.1) is 30.8 Å². The molecule has 4 atom stereocenters. The van der Waals surface area contributed by atoms with Crippen molar-refractivity contribution in [1.29, 1.82) is 0 Å². The molecule has 2 heterocycles. The molecule has 7 amide bonds. The van der Waals surface area contributed by atoms with Crippen LogP contribution in [0, 0.1) is 11.8 Å². The van der Waals surface area contributed by atoms with Crippen molar-refractivity contribution in [3.8, 4) is 0 Å². The number of ether oxygens (including phenoxy) is 2. The summed E-state index contributed by atoms with van der Waals surface area (Å²) < 4.78 is 12.1. The summed E-state index contributed by atoms with van der Waals surface area (Å²) in [5.74, 6) is -5.48. The van der Waals surface area contributed by atoms with Crippen LogP contribution in [0.15, 0.2) is 24.5 Å². The summed E-state index contributed by atoms with van der Waals surface area (Å²) in [5, 5.41) is 43.8. The van der Waals surface area contributed by atoms with Crippen molar-refractivity contribution in [3.63, 3.8) is 0 Å². The number of carboxylic acids is 3. The predicted molar refractivity (Wildman–Crippen MR) is 245 cm³/mol. The molecule has 1 aromatic heterocycles. The topological polar surface area (TPSA) is 321 Å². The van der Waals surface area contributed by atoms with Crippen molar-refractivity contribution in [1.82, 2.24) is 41.8 Å². The molecule has 1 saturated heterocycles. The van der Waals surface area contributed by atoms with E-state index in [0.717, 1.165) is 31.2 Å². The molecule has 69 heavy (non-hydrogen) atoms. The first-order chi connectivity index (χ1) is 33.1. The first-order valence-electron chi connectivity index (χ1n) is 24.4. The lowest BCUT2D eigenvalue weighted by Crippen LogP contribution is -2.51. The monoisotopic (exact) mass is 971 g/mol. The molecule has 0 spiro atoms. The van der Waals surface area contributed by atoms with E-state index >= 15 is 0 Å². The van der Waals surface area contributed by atoms with Gasteiger partial charge in [0, 0.05) is 82.3 Å². The van der Waals surface area contributed by atoms with Gasteiger partial charge in [0.1, 0.15) is 12.1 Å². The number of carboxylic acid groups (broad SMARTS) is 3. The van der Waals surface area contributed by atoms with Gasteiger partial charge in [-0.2, -0.15) is 0 Å². The zero-order valence-corrected chi connectivity index (χ0v) is 39.4. The average molecular weight is 971 g/mol. The number of amides is 7. The normalized spacial score (nSPS) is 25.6. The number of aliphatic carboxylic acids is 3. The molecule has 1 aromatic rings. The first-order valence-corrected chi connectivity index (χ1v) is 24.4. The predicted octanol–water partition coefficient (Wildman–Crippen LogP) is 1.91. The number of hydrogen-bond acceptors (Lipinski definition) is 12. The Hall–Kier alpha value is -5.90. The lowest BCUT2D eigenvalue weighted by Gasteiger charge is -2.33. The van der Waals surface area contributed by atoms with Crippen LogP contribution in [0.1, 0.15) is 134 Å². The second-order valence-electron chi connectivity index (χ2n) is 18.7. The summed E-state index contributed by atoms with van der Waals surface area (Å²) in [6.07, 6.45) is 11.9. The van der Waals surface area contributed by atoms with E-state index in [0.29, 0.717) is 84.0 Å². The van der Waals surface area contributed by atoms with Gasteiger partial charge in [-0.3, -0.25) is 33.8 Å². The summed E-state index contributed by atoms with van der Waals surface area (Å²) in [5.41, 5.74) is 0.835. The van der Waals surface area contributed by atoms with E-state index in [1.54, 1.807) is 30.4 Å². The van der Waals surface area contributed by atoms with E-state index in [1.807, 2.05) is 11.4 Å². The maximum atomic E-state index is 13.1. The van der Waals surface area contributed by atoms with Gasteiger partial charge >= 0.3 is 23.9 Å². The van der Waals surface area contributed by atoms with Gasteiger partial charge in [-0.25, -0.2) is 14.4 Å². The van der Waals surface area contributed by atoms with Gasteiger partial charge in [-0.1, -0.05) is 6.07 Å². The SMILES string of the molecule is CN1C(=O)C[C@H](C(=O)NCCOC2CCC(OCCCC(=O)NC3CCC(C(=O)NC4CCC(NC(=O)CC[C@H](NC(=O)N[C@@H](CCC(=O)O)C(=O)O)C(=O)O)CC4)CC3)CC2)[C@H]1c1cccnc1. The minimum atomic E-state index is -1.54. The number of pyridine rings is 1. The Morgan fingerprint density at radius 3 is 1.78 bits per heavy atom. The smallest absolute Gasteiger partial charge is 0.326 e. The van der Waals surface area contributed by atoms with Crippen LogP contribution >= 0.6 is 0 Å². The minimum Gasteiger partial charge on any atom is -0.481 e. The summed E-state index contributed by atoms with van der Waals surface area (Å²) >= 11 is 0. The molecular weight excluding hydrogens is 901 g/mol. The van der Waals surface area contributed by atoms with Crippen molar-refractivity contribution in [2.45, 2.75) is 170 Å². The van der Waals surface area contributed by atoms with E-state index in [9.17, 15) is 53.4 Å². The molecule has 0 radical (unpaired) electrons. The Morgan fingerprint density at radius 2 is 1.23 bits per heavy atom. The third-order valence-electron chi connectivity index (χ3n) is 13.6. The largest absolute Gasteiger partial charge is 0.481 e. The molecule has 0 bridgehead atoms. The zero-order chi connectivity index (χ0) is 49.9. The van der Waals surface area contributed by atoms with Crippen LogP contribution in [-0.4, -0.2) is 148 Å². The molecule has 0 unspecified atom stereocenters. The number of carbonyl (C=O) groups is 9. The van der Waals surface area contributed by atoms with Gasteiger partial charge in [-0.15, -0.1) is 0 Å². The fourth-order valence-corrected chi connectivity index (χ4v) is 9.71. The Morgan fingerprint density at radius 1 is 0.696 bits per heavy atom. The molecule has 382 valence electrons. The van der Waals surface area contributed by atoms with E-state index in [-0.39, 0.29) is 85.2 Å². The zero-order valence-electron chi connectivity index (χ0n) is 39.4. The van der Waals surface area contributed by atoms with E-state index in [2.05, 4.69) is 31.6 Å². The number of rotatable bonds is 25. The third kappa shape index (κ3) is 17.8. The third-order valence-corrected chi connectivity index (χ3v) is 13.6. The van der Waals surface area contributed by atoms with Crippen LogP contribution in [0.4, 0.5) is 4.79 Å². The molecule has 1 aliphatic heterocycles. The molecule has 0 aromatic carbocycles. The fraction of sp³-hybridized carbons (Fsp3) is 0.702. The van der Waals surface area contributed by atoms with Crippen LogP contribution in [0.25, 0.3) is 0 Å². The van der Waals surface area contributed by atoms with E-state index in [4.69, 9.17) is 14.6 Å². The maximum absolute atomic E-state index is 13.1. The van der Waals surface area contributed by atoms with E-state index < -0.39 is 60.7 Å².